The number of hydrogen-bond acceptors (Lipinski definition) is 11. The standard InChI is InChI=1S/C20H21N7O7S2/c21-5-10-3-12(28)2-1-9(10)4-13(29)22-15-17(32)27-16(19(33)34)11(7-35-18(15)27)8-36-20-23-24-25-26(20)6-14(30)31/h1-3,15,18,28H,4-8,21H2,(H,22,29)(H,30,31)(H,33,34)/t15?,18-/m1/s1. The average molecular weight is 536 g/mol. The maximum atomic E-state index is 12.9. The van der Waals surface area contributed by atoms with Gasteiger partial charge in [0.2, 0.25) is 11.1 Å². The third-order valence-corrected chi connectivity index (χ3v) is 7.87. The third kappa shape index (κ3) is 5.14. The van der Waals surface area contributed by atoms with Crippen LogP contribution in [0.4, 0.5) is 0 Å². The summed E-state index contributed by atoms with van der Waals surface area (Å²) in [6.45, 7) is -0.318. The minimum absolute atomic E-state index is 0.0309. The highest BCUT2D eigenvalue weighted by atomic mass is 32.2. The lowest BCUT2D eigenvalue weighted by Crippen LogP contribution is -2.70. The molecule has 4 rings (SSSR count). The molecule has 2 aromatic rings. The summed E-state index contributed by atoms with van der Waals surface area (Å²) in [4.78, 5) is 49.6. The van der Waals surface area contributed by atoms with Crippen LogP contribution in [-0.2, 0) is 38.7 Å². The summed E-state index contributed by atoms with van der Waals surface area (Å²) < 4.78 is 1.08. The number of carboxylic acid groups (broad SMARTS) is 2. The highest BCUT2D eigenvalue weighted by Gasteiger charge is 2.54. The van der Waals surface area contributed by atoms with Crippen molar-refractivity contribution in [2.75, 3.05) is 11.5 Å². The number of aromatic nitrogens is 4. The van der Waals surface area contributed by atoms with E-state index in [2.05, 4.69) is 20.8 Å². The number of tetrazole rings is 1. The average Bonchev–Trinajstić information content (AvgIpc) is 3.27. The number of carbonyl (C=O) groups is 4. The van der Waals surface area contributed by atoms with Gasteiger partial charge in [-0.15, -0.1) is 16.9 Å². The lowest BCUT2D eigenvalue weighted by Gasteiger charge is -2.49. The van der Waals surface area contributed by atoms with Crippen molar-refractivity contribution in [1.82, 2.24) is 30.4 Å². The molecule has 3 heterocycles. The van der Waals surface area contributed by atoms with E-state index in [4.69, 9.17) is 10.8 Å². The van der Waals surface area contributed by atoms with Crippen LogP contribution in [0.5, 0.6) is 5.75 Å². The molecule has 2 amide bonds. The maximum Gasteiger partial charge on any atom is 0.352 e. The predicted molar refractivity (Wildman–Crippen MR) is 126 cm³/mol. The first-order valence-corrected chi connectivity index (χ1v) is 12.5. The zero-order valence-corrected chi connectivity index (χ0v) is 20.2. The molecule has 2 atom stereocenters. The molecule has 0 bridgehead atoms. The van der Waals surface area contributed by atoms with Crippen LogP contribution in [0.3, 0.4) is 0 Å². The monoisotopic (exact) mass is 535 g/mol. The van der Waals surface area contributed by atoms with Crippen LogP contribution >= 0.6 is 23.5 Å². The molecule has 16 heteroatoms. The number of β-lactam (4-membered cyclic amide) rings is 1. The number of aromatic hydroxyl groups is 1. The van der Waals surface area contributed by atoms with E-state index in [1.54, 1.807) is 6.07 Å². The van der Waals surface area contributed by atoms with E-state index in [1.165, 1.54) is 23.9 Å². The van der Waals surface area contributed by atoms with Crippen molar-refractivity contribution in [3.63, 3.8) is 0 Å². The molecule has 6 N–H and O–H groups in total. The molecule has 0 radical (unpaired) electrons. The Hall–Kier alpha value is -3.63. The van der Waals surface area contributed by atoms with Crippen LogP contribution in [0.15, 0.2) is 34.6 Å². The number of carboxylic acids is 2. The Kier molecular flexibility index (Phi) is 7.46. The van der Waals surface area contributed by atoms with Crippen molar-refractivity contribution in [3.05, 3.63) is 40.6 Å². The van der Waals surface area contributed by atoms with E-state index < -0.39 is 41.7 Å². The summed E-state index contributed by atoms with van der Waals surface area (Å²) >= 11 is 2.38. The summed E-state index contributed by atoms with van der Waals surface area (Å²) in [5.74, 6) is -2.94. The second-order valence-electron chi connectivity index (χ2n) is 7.85. The summed E-state index contributed by atoms with van der Waals surface area (Å²) in [7, 11) is 0. The lowest BCUT2D eigenvalue weighted by atomic mass is 10.0. The van der Waals surface area contributed by atoms with Gasteiger partial charge in [-0.3, -0.25) is 19.3 Å². The van der Waals surface area contributed by atoms with Crippen LogP contribution in [0.1, 0.15) is 11.1 Å². The minimum Gasteiger partial charge on any atom is -0.508 e. The second-order valence-corrected chi connectivity index (χ2v) is 9.90. The number of nitrogens with zero attached hydrogens (tertiary/aromatic N) is 5. The molecule has 36 heavy (non-hydrogen) atoms. The van der Waals surface area contributed by atoms with Crippen molar-refractivity contribution in [1.29, 1.82) is 0 Å². The maximum absolute atomic E-state index is 12.9. The Morgan fingerprint density at radius 1 is 1.25 bits per heavy atom. The van der Waals surface area contributed by atoms with Gasteiger partial charge < -0.3 is 26.4 Å². The molecule has 0 saturated carbocycles. The van der Waals surface area contributed by atoms with Gasteiger partial charge in [0, 0.05) is 18.1 Å². The van der Waals surface area contributed by atoms with Crippen molar-refractivity contribution in [3.8, 4) is 5.75 Å². The number of nitrogens with one attached hydrogen (secondary N) is 1. The number of thioether (sulfide) groups is 2. The van der Waals surface area contributed by atoms with E-state index in [9.17, 15) is 29.4 Å². The predicted octanol–water partition coefficient (Wildman–Crippen LogP) is -1.00. The zero-order valence-electron chi connectivity index (χ0n) is 18.5. The van der Waals surface area contributed by atoms with Gasteiger partial charge >= 0.3 is 11.9 Å². The fourth-order valence-corrected chi connectivity index (χ4v) is 6.21. The lowest BCUT2D eigenvalue weighted by molar-refractivity contribution is -0.150. The van der Waals surface area contributed by atoms with Crippen LogP contribution in [0, 0.1) is 0 Å². The fraction of sp³-hybridized carbons (Fsp3) is 0.350. The van der Waals surface area contributed by atoms with Crippen molar-refractivity contribution >= 4 is 47.3 Å². The largest absolute Gasteiger partial charge is 0.508 e. The summed E-state index contributed by atoms with van der Waals surface area (Å²) in [6.07, 6.45) is -0.0530. The minimum atomic E-state index is -1.28. The first kappa shape index (κ1) is 25.5. The topological polar surface area (TPSA) is 214 Å². The second kappa shape index (κ2) is 10.5. The quantitative estimate of drug-likeness (QED) is 0.182. The van der Waals surface area contributed by atoms with Crippen molar-refractivity contribution in [2.24, 2.45) is 5.73 Å². The summed E-state index contributed by atoms with van der Waals surface area (Å²) in [5, 5.41) is 41.4. The van der Waals surface area contributed by atoms with Gasteiger partial charge in [0.15, 0.2) is 0 Å². The molecule has 1 saturated heterocycles. The molecule has 14 nitrogen and oxygen atoms in total. The normalized spacial score (nSPS) is 19.0. The van der Waals surface area contributed by atoms with Crippen molar-refractivity contribution < 1.29 is 34.5 Å². The van der Waals surface area contributed by atoms with Crippen molar-refractivity contribution in [2.45, 2.75) is 36.1 Å². The Labute approximate surface area is 211 Å². The molecule has 1 aromatic heterocycles. The Morgan fingerprint density at radius 3 is 2.72 bits per heavy atom. The third-order valence-electron chi connectivity index (χ3n) is 5.49. The number of aliphatic carboxylic acids is 2. The molecular weight excluding hydrogens is 514 g/mol. The van der Waals surface area contributed by atoms with E-state index in [0.717, 1.165) is 21.3 Å². The van der Waals surface area contributed by atoms with Crippen LogP contribution in [-0.4, -0.2) is 87.1 Å². The zero-order chi connectivity index (χ0) is 26.0. The number of amides is 2. The Bertz CT molecular complexity index is 1260. The number of phenolic OH excluding ortho intramolecular Hbond substituents is 1. The fourth-order valence-electron chi connectivity index (χ4n) is 3.85. The van der Waals surface area contributed by atoms with E-state index in [1.807, 2.05) is 0 Å². The van der Waals surface area contributed by atoms with E-state index in [-0.39, 0.29) is 41.1 Å². The van der Waals surface area contributed by atoms with E-state index in [0.29, 0.717) is 16.7 Å². The molecule has 2 aliphatic heterocycles. The number of hydrogen-bond donors (Lipinski definition) is 5. The van der Waals surface area contributed by atoms with Gasteiger partial charge in [0.25, 0.3) is 5.91 Å². The number of rotatable bonds is 10. The molecular formula is C20H21N7O7S2. The number of phenols is 1. The number of fused-ring (bicyclic) bond motifs is 1. The number of nitrogens with two attached hydrogens (primary N) is 1. The van der Waals surface area contributed by atoms with Gasteiger partial charge in [-0.2, -0.15) is 0 Å². The number of carbonyl (C=O) groups excluding carboxylic acids is 2. The molecule has 1 fully saturated rings. The first-order valence-electron chi connectivity index (χ1n) is 10.5. The highest BCUT2D eigenvalue weighted by molar-refractivity contribution is 8.01. The SMILES string of the molecule is NCc1cc(O)ccc1CC(=O)NC1C(=O)N2C(C(=O)O)=C(CSc3nnnn3CC(=O)O)CS[C@H]12. The van der Waals surface area contributed by atoms with Gasteiger partial charge in [-0.1, -0.05) is 17.8 Å². The molecule has 1 aromatic carbocycles. The van der Waals surface area contributed by atoms with Crippen LogP contribution in [0.2, 0.25) is 0 Å². The van der Waals surface area contributed by atoms with Crippen LogP contribution < -0.4 is 11.1 Å². The molecule has 2 aliphatic rings. The molecule has 0 spiro atoms. The molecule has 190 valence electrons. The highest BCUT2D eigenvalue weighted by Crippen LogP contribution is 2.41. The summed E-state index contributed by atoms with van der Waals surface area (Å²) in [5.41, 5.74) is 7.18. The van der Waals surface area contributed by atoms with Crippen LogP contribution in [0.25, 0.3) is 0 Å². The number of benzene rings is 1. The Balaban J connectivity index is 1.43. The van der Waals surface area contributed by atoms with Gasteiger partial charge in [0.1, 0.15) is 29.4 Å². The summed E-state index contributed by atoms with van der Waals surface area (Å²) in [6, 6.07) is 3.62. The van der Waals surface area contributed by atoms with E-state index >= 15 is 0 Å². The first-order chi connectivity index (χ1) is 17.2. The smallest absolute Gasteiger partial charge is 0.352 e. The Morgan fingerprint density at radius 2 is 2.03 bits per heavy atom. The van der Waals surface area contributed by atoms with Gasteiger partial charge in [0.05, 0.1) is 6.42 Å². The molecule has 1 unspecified atom stereocenters. The van der Waals surface area contributed by atoms with Gasteiger partial charge in [-0.05, 0) is 39.3 Å². The van der Waals surface area contributed by atoms with Gasteiger partial charge in [-0.25, -0.2) is 9.48 Å². The molecule has 0 aliphatic carbocycles.